The molecule has 0 atom stereocenters. The van der Waals surface area contributed by atoms with E-state index < -0.39 is 5.95 Å². The summed E-state index contributed by atoms with van der Waals surface area (Å²) in [5, 5.41) is 0. The van der Waals surface area contributed by atoms with E-state index in [0.717, 1.165) is 6.42 Å². The maximum Gasteiger partial charge on any atom is 0.272 e. The van der Waals surface area contributed by atoms with E-state index in [1.54, 1.807) is 11.9 Å². The fraction of sp³-hybridized carbons (Fsp3) is 0.500. The van der Waals surface area contributed by atoms with Crippen molar-refractivity contribution in [2.75, 3.05) is 7.05 Å². The molecule has 0 fully saturated rings. The molecule has 1 aromatic rings. The summed E-state index contributed by atoms with van der Waals surface area (Å²) in [5.74, 6) is -0.889. The zero-order chi connectivity index (χ0) is 12.3. The highest BCUT2D eigenvalue weighted by Gasteiger charge is 2.27. The number of hydrogen-bond donors (Lipinski definition) is 0. The molecule has 1 rings (SSSR count). The van der Waals surface area contributed by atoms with Crippen LogP contribution in [0.5, 0.6) is 0 Å². The number of amides is 1. The molecule has 1 heterocycles. The average molecular weight is 224 g/mol. The monoisotopic (exact) mass is 224 g/mol. The van der Waals surface area contributed by atoms with E-state index in [-0.39, 0.29) is 17.1 Å². The average Bonchev–Trinajstić information content (AvgIpc) is 2.27. The quantitative estimate of drug-likeness (QED) is 0.739. The normalized spacial score (nSPS) is 11.3. The van der Waals surface area contributed by atoms with Crippen molar-refractivity contribution >= 4 is 5.91 Å². The first kappa shape index (κ1) is 12.6. The van der Waals surface area contributed by atoms with Gasteiger partial charge in [-0.05, 0) is 32.4 Å². The summed E-state index contributed by atoms with van der Waals surface area (Å²) in [7, 11) is 1.71. The second-order valence-corrected chi connectivity index (χ2v) is 4.38. The Bertz CT molecular complexity index is 390. The minimum absolute atomic E-state index is 0.143. The second-order valence-electron chi connectivity index (χ2n) is 4.38. The van der Waals surface area contributed by atoms with Crippen molar-refractivity contribution in [3.63, 3.8) is 0 Å². The Hall–Kier alpha value is -1.45. The molecule has 4 heteroatoms. The molecule has 0 spiro atoms. The molecule has 0 radical (unpaired) electrons. The van der Waals surface area contributed by atoms with Crippen LogP contribution in [0.3, 0.4) is 0 Å². The molecule has 0 N–H and O–H groups in total. The minimum atomic E-state index is -0.631. The Morgan fingerprint density at radius 2 is 2.12 bits per heavy atom. The van der Waals surface area contributed by atoms with Gasteiger partial charge in [-0.25, -0.2) is 4.98 Å². The van der Waals surface area contributed by atoms with E-state index in [9.17, 15) is 9.18 Å². The van der Waals surface area contributed by atoms with E-state index in [0.29, 0.717) is 0 Å². The van der Waals surface area contributed by atoms with Crippen molar-refractivity contribution in [1.82, 2.24) is 9.88 Å². The lowest BCUT2D eigenvalue weighted by molar-refractivity contribution is 0.0613. The molecule has 1 amide bonds. The summed E-state index contributed by atoms with van der Waals surface area (Å²) >= 11 is 0. The molecule has 16 heavy (non-hydrogen) atoms. The zero-order valence-corrected chi connectivity index (χ0v) is 10.1. The van der Waals surface area contributed by atoms with E-state index >= 15 is 0 Å². The molecule has 1 aromatic heterocycles. The predicted molar refractivity (Wildman–Crippen MR) is 60.7 cm³/mol. The minimum Gasteiger partial charge on any atom is -0.335 e. The molecule has 0 saturated carbocycles. The molecule has 0 bridgehead atoms. The van der Waals surface area contributed by atoms with Crippen molar-refractivity contribution in [3.8, 4) is 0 Å². The van der Waals surface area contributed by atoms with Crippen LogP contribution in [-0.2, 0) is 0 Å². The molecule has 0 aliphatic heterocycles. The van der Waals surface area contributed by atoms with Crippen molar-refractivity contribution in [1.29, 1.82) is 0 Å². The van der Waals surface area contributed by atoms with Crippen LogP contribution in [0.1, 0.15) is 37.7 Å². The molecular formula is C12H17FN2O. The molecule has 0 aliphatic carbocycles. The third-order valence-corrected chi connectivity index (χ3v) is 3.01. The predicted octanol–water partition coefficient (Wildman–Crippen LogP) is 2.48. The van der Waals surface area contributed by atoms with Crippen LogP contribution >= 0.6 is 0 Å². The Morgan fingerprint density at radius 1 is 1.50 bits per heavy atom. The van der Waals surface area contributed by atoms with Crippen molar-refractivity contribution in [2.45, 2.75) is 32.7 Å². The van der Waals surface area contributed by atoms with Crippen LogP contribution in [0.2, 0.25) is 0 Å². The Labute approximate surface area is 95.3 Å². The lowest BCUT2D eigenvalue weighted by Gasteiger charge is -2.34. The van der Waals surface area contributed by atoms with Crippen molar-refractivity contribution in [2.24, 2.45) is 0 Å². The van der Waals surface area contributed by atoms with E-state index in [4.69, 9.17) is 0 Å². The number of carbonyl (C=O) groups excluding carboxylic acids is 1. The largest absolute Gasteiger partial charge is 0.335 e. The number of hydrogen-bond acceptors (Lipinski definition) is 2. The molecule has 0 unspecified atom stereocenters. The summed E-state index contributed by atoms with van der Waals surface area (Å²) < 4.78 is 12.9. The summed E-state index contributed by atoms with van der Waals surface area (Å²) in [6, 6.07) is 4.23. The number of aromatic nitrogens is 1. The van der Waals surface area contributed by atoms with Crippen molar-refractivity contribution < 1.29 is 9.18 Å². The third-order valence-electron chi connectivity index (χ3n) is 3.01. The number of pyridine rings is 1. The van der Waals surface area contributed by atoms with Crippen LogP contribution in [0.25, 0.3) is 0 Å². The fourth-order valence-corrected chi connectivity index (χ4v) is 1.21. The van der Waals surface area contributed by atoms with Gasteiger partial charge in [0.05, 0.1) is 0 Å². The summed E-state index contributed by atoms with van der Waals surface area (Å²) in [6.45, 7) is 5.93. The van der Waals surface area contributed by atoms with Gasteiger partial charge in [0, 0.05) is 12.6 Å². The summed E-state index contributed by atoms with van der Waals surface area (Å²) in [4.78, 5) is 17.2. The molecule has 0 aromatic carbocycles. The standard InChI is InChI=1S/C12H17FN2O/c1-5-12(2,3)15(4)11(16)9-7-6-8-10(13)14-9/h6-8H,5H2,1-4H3. The van der Waals surface area contributed by atoms with Crippen LogP contribution in [0, 0.1) is 5.95 Å². The number of carbonyl (C=O) groups is 1. The number of rotatable bonds is 3. The molecule has 3 nitrogen and oxygen atoms in total. The van der Waals surface area contributed by atoms with Gasteiger partial charge in [0.1, 0.15) is 5.69 Å². The summed E-state index contributed by atoms with van der Waals surface area (Å²) in [6.07, 6.45) is 0.824. The summed E-state index contributed by atoms with van der Waals surface area (Å²) in [5.41, 5.74) is -0.116. The van der Waals surface area contributed by atoms with E-state index in [1.165, 1.54) is 18.2 Å². The van der Waals surface area contributed by atoms with Gasteiger partial charge in [-0.2, -0.15) is 4.39 Å². The lowest BCUT2D eigenvalue weighted by Crippen LogP contribution is -2.44. The maximum absolute atomic E-state index is 12.9. The van der Waals surface area contributed by atoms with E-state index in [1.807, 2.05) is 20.8 Å². The van der Waals surface area contributed by atoms with Crippen LogP contribution in [0.15, 0.2) is 18.2 Å². The van der Waals surface area contributed by atoms with Crippen LogP contribution in [-0.4, -0.2) is 28.4 Å². The molecule has 0 aliphatic rings. The van der Waals surface area contributed by atoms with Gasteiger partial charge in [0.25, 0.3) is 5.91 Å². The molecule has 88 valence electrons. The Balaban J connectivity index is 2.95. The molecule has 0 saturated heterocycles. The second kappa shape index (κ2) is 4.60. The first-order valence-electron chi connectivity index (χ1n) is 5.29. The Morgan fingerprint density at radius 3 is 2.62 bits per heavy atom. The number of halogens is 1. The molecular weight excluding hydrogens is 207 g/mol. The highest BCUT2D eigenvalue weighted by atomic mass is 19.1. The maximum atomic E-state index is 12.9. The van der Waals surface area contributed by atoms with Gasteiger partial charge in [-0.3, -0.25) is 4.79 Å². The van der Waals surface area contributed by atoms with Crippen molar-refractivity contribution in [3.05, 3.63) is 29.8 Å². The van der Waals surface area contributed by atoms with E-state index in [2.05, 4.69) is 4.98 Å². The highest BCUT2D eigenvalue weighted by molar-refractivity contribution is 5.92. The van der Waals surface area contributed by atoms with Gasteiger partial charge in [-0.1, -0.05) is 13.0 Å². The van der Waals surface area contributed by atoms with Gasteiger partial charge in [0.2, 0.25) is 5.95 Å². The first-order chi connectivity index (χ1) is 7.38. The first-order valence-corrected chi connectivity index (χ1v) is 5.29. The highest BCUT2D eigenvalue weighted by Crippen LogP contribution is 2.18. The Kier molecular flexibility index (Phi) is 3.62. The fourth-order valence-electron chi connectivity index (χ4n) is 1.21. The zero-order valence-electron chi connectivity index (χ0n) is 10.1. The smallest absolute Gasteiger partial charge is 0.272 e. The van der Waals surface area contributed by atoms with Gasteiger partial charge < -0.3 is 4.90 Å². The van der Waals surface area contributed by atoms with Gasteiger partial charge in [-0.15, -0.1) is 0 Å². The SMILES string of the molecule is CCC(C)(C)N(C)C(=O)c1cccc(F)n1. The lowest BCUT2D eigenvalue weighted by atomic mass is 9.99. The van der Waals surface area contributed by atoms with Crippen LogP contribution < -0.4 is 0 Å². The van der Waals surface area contributed by atoms with Crippen LogP contribution in [0.4, 0.5) is 4.39 Å². The topological polar surface area (TPSA) is 33.2 Å². The van der Waals surface area contributed by atoms with Gasteiger partial charge in [0.15, 0.2) is 0 Å². The third kappa shape index (κ3) is 2.56. The van der Waals surface area contributed by atoms with Gasteiger partial charge >= 0.3 is 0 Å². The number of nitrogens with zero attached hydrogens (tertiary/aromatic N) is 2.